The number of hydrogen-bond acceptors (Lipinski definition) is 2. The van der Waals surface area contributed by atoms with E-state index in [9.17, 15) is 0 Å². The van der Waals surface area contributed by atoms with Gasteiger partial charge in [-0.25, -0.2) is 0 Å². The van der Waals surface area contributed by atoms with Gasteiger partial charge in [-0.3, -0.25) is 0 Å². The first kappa shape index (κ1) is 15.7. The second kappa shape index (κ2) is 6.83. The van der Waals surface area contributed by atoms with Crippen molar-refractivity contribution >= 4 is 10.9 Å². The molecule has 0 bridgehead atoms. The highest BCUT2D eigenvalue weighted by Crippen LogP contribution is 2.23. The summed E-state index contributed by atoms with van der Waals surface area (Å²) in [4.78, 5) is 3.46. The molecule has 0 amide bonds. The van der Waals surface area contributed by atoms with Gasteiger partial charge in [-0.1, -0.05) is 11.6 Å². The highest BCUT2D eigenvalue weighted by Gasteiger charge is 2.08. The topological polar surface area (TPSA) is 41.0 Å². The van der Waals surface area contributed by atoms with Gasteiger partial charge in [0.1, 0.15) is 5.76 Å². The molecule has 0 aliphatic heterocycles. The third kappa shape index (κ3) is 3.49. The van der Waals surface area contributed by atoms with Crippen LogP contribution in [0.15, 0.2) is 41.0 Å². The third-order valence-electron chi connectivity index (χ3n) is 3.71. The average molecular weight is 304 g/mol. The Morgan fingerprint density at radius 2 is 2.05 bits per heavy atom. The minimum atomic E-state index is 0. The fraction of sp³-hybridized carbons (Fsp3) is 0.294. The van der Waals surface area contributed by atoms with Crippen molar-refractivity contribution in [3.8, 4) is 0 Å². The summed E-state index contributed by atoms with van der Waals surface area (Å²) < 4.78 is 5.31. The second-order valence-electron chi connectivity index (χ2n) is 5.28. The van der Waals surface area contributed by atoms with Gasteiger partial charge < -0.3 is 27.1 Å². The van der Waals surface area contributed by atoms with E-state index in [1.807, 2.05) is 12.1 Å². The quantitative estimate of drug-likeness (QED) is 0.682. The number of aromatic nitrogens is 1. The lowest BCUT2D eigenvalue weighted by Gasteiger charge is -2.04. The molecule has 0 fully saturated rings. The fourth-order valence-corrected chi connectivity index (χ4v) is 2.66. The van der Waals surface area contributed by atoms with E-state index in [0.29, 0.717) is 0 Å². The number of aromatic amines is 1. The molecule has 21 heavy (non-hydrogen) atoms. The molecule has 0 unspecified atom stereocenters. The molecule has 2 aromatic heterocycles. The van der Waals surface area contributed by atoms with E-state index in [1.54, 1.807) is 6.26 Å². The Morgan fingerprint density at radius 1 is 1.19 bits per heavy atom. The van der Waals surface area contributed by atoms with Crippen LogP contribution in [0.1, 0.15) is 22.6 Å². The lowest BCUT2D eigenvalue weighted by atomic mass is 10.1. The summed E-state index contributed by atoms with van der Waals surface area (Å²) in [5, 5.41) is 4.77. The summed E-state index contributed by atoms with van der Waals surface area (Å²) in [7, 11) is 0. The number of aryl methyl sites for hydroxylation is 2. The molecule has 0 spiro atoms. The monoisotopic (exact) mass is 303 g/mol. The molecular formula is C17H20ClN2O-. The molecule has 0 aliphatic rings. The summed E-state index contributed by atoms with van der Waals surface area (Å²) >= 11 is 0. The molecule has 112 valence electrons. The van der Waals surface area contributed by atoms with Crippen molar-refractivity contribution in [1.29, 1.82) is 0 Å². The standard InChI is InChI=1S/C17H20N2O.ClH/c1-12-5-6-17-16(10-12)15(13(2)19-17)7-8-18-11-14-4-3-9-20-14;/h3-6,9-10,18-19H,7-8,11H2,1-2H3;1H/p-1. The summed E-state index contributed by atoms with van der Waals surface area (Å²) in [6, 6.07) is 10.5. The Morgan fingerprint density at radius 3 is 2.81 bits per heavy atom. The van der Waals surface area contributed by atoms with Crippen LogP contribution in [-0.2, 0) is 13.0 Å². The predicted octanol–water partition coefficient (Wildman–Crippen LogP) is 0.714. The maximum absolute atomic E-state index is 5.31. The molecule has 0 saturated heterocycles. The Kier molecular flexibility index (Phi) is 5.10. The van der Waals surface area contributed by atoms with Gasteiger partial charge in [-0.05, 0) is 56.6 Å². The van der Waals surface area contributed by atoms with E-state index in [1.165, 1.54) is 27.7 Å². The van der Waals surface area contributed by atoms with Gasteiger partial charge in [-0.2, -0.15) is 0 Å². The first-order chi connectivity index (χ1) is 9.74. The van der Waals surface area contributed by atoms with E-state index in [2.05, 4.69) is 42.3 Å². The number of fused-ring (bicyclic) bond motifs is 1. The SMILES string of the molecule is Cc1ccc2[nH]c(C)c(CCNCc3ccco3)c2c1.[Cl-]. The molecule has 0 radical (unpaired) electrons. The highest BCUT2D eigenvalue weighted by atomic mass is 35.5. The van der Waals surface area contributed by atoms with E-state index in [-0.39, 0.29) is 12.4 Å². The number of benzene rings is 1. The predicted molar refractivity (Wildman–Crippen MR) is 81.9 cm³/mol. The Balaban J connectivity index is 0.00000161. The van der Waals surface area contributed by atoms with E-state index in [0.717, 1.165) is 25.3 Å². The van der Waals surface area contributed by atoms with Crippen molar-refractivity contribution in [3.63, 3.8) is 0 Å². The van der Waals surface area contributed by atoms with Crippen LogP contribution in [0, 0.1) is 13.8 Å². The van der Waals surface area contributed by atoms with Crippen LogP contribution in [0.5, 0.6) is 0 Å². The first-order valence-electron chi connectivity index (χ1n) is 7.05. The first-order valence-corrected chi connectivity index (χ1v) is 7.05. The smallest absolute Gasteiger partial charge is 0.117 e. The lowest BCUT2D eigenvalue weighted by Crippen LogP contribution is -3.00. The van der Waals surface area contributed by atoms with E-state index < -0.39 is 0 Å². The van der Waals surface area contributed by atoms with Crippen molar-refractivity contribution in [1.82, 2.24) is 10.3 Å². The zero-order valence-corrected chi connectivity index (χ0v) is 13.1. The summed E-state index contributed by atoms with van der Waals surface area (Å²) in [6.45, 7) is 6.02. The van der Waals surface area contributed by atoms with Crippen LogP contribution < -0.4 is 17.7 Å². The van der Waals surface area contributed by atoms with Crippen molar-refractivity contribution in [2.24, 2.45) is 0 Å². The molecule has 3 rings (SSSR count). The maximum Gasteiger partial charge on any atom is 0.117 e. The van der Waals surface area contributed by atoms with Gasteiger partial charge in [0.2, 0.25) is 0 Å². The molecule has 2 N–H and O–H groups in total. The second-order valence-corrected chi connectivity index (χ2v) is 5.28. The van der Waals surface area contributed by atoms with Gasteiger partial charge in [-0.15, -0.1) is 0 Å². The van der Waals surface area contributed by atoms with Crippen LogP contribution in [-0.4, -0.2) is 11.5 Å². The Hall–Kier alpha value is -1.71. The molecule has 2 heterocycles. The number of hydrogen-bond donors (Lipinski definition) is 2. The molecule has 0 atom stereocenters. The molecule has 1 aromatic carbocycles. The van der Waals surface area contributed by atoms with Crippen molar-refractivity contribution in [2.75, 3.05) is 6.54 Å². The molecule has 4 heteroatoms. The van der Waals surface area contributed by atoms with Gasteiger partial charge in [0, 0.05) is 16.6 Å². The van der Waals surface area contributed by atoms with Gasteiger partial charge in [0.25, 0.3) is 0 Å². The van der Waals surface area contributed by atoms with Gasteiger partial charge in [0.05, 0.1) is 12.8 Å². The average Bonchev–Trinajstić information content (AvgIpc) is 3.03. The Bertz CT molecular complexity index is 701. The largest absolute Gasteiger partial charge is 1.00 e. The Labute approximate surface area is 131 Å². The van der Waals surface area contributed by atoms with Crippen molar-refractivity contribution < 1.29 is 16.8 Å². The fourth-order valence-electron chi connectivity index (χ4n) is 2.66. The summed E-state index contributed by atoms with van der Waals surface area (Å²) in [5.74, 6) is 0.983. The van der Waals surface area contributed by atoms with Crippen LogP contribution >= 0.6 is 0 Å². The number of rotatable bonds is 5. The van der Waals surface area contributed by atoms with Crippen LogP contribution in [0.4, 0.5) is 0 Å². The zero-order chi connectivity index (χ0) is 13.9. The molecule has 3 aromatic rings. The lowest BCUT2D eigenvalue weighted by molar-refractivity contribution is -0.00000478. The normalized spacial score (nSPS) is 10.8. The maximum atomic E-state index is 5.31. The number of furan rings is 1. The number of nitrogens with one attached hydrogen (secondary N) is 2. The minimum Gasteiger partial charge on any atom is -1.00 e. The molecule has 0 saturated carbocycles. The van der Waals surface area contributed by atoms with Crippen LogP contribution in [0.2, 0.25) is 0 Å². The summed E-state index contributed by atoms with van der Waals surface area (Å²) in [6.07, 6.45) is 2.74. The van der Waals surface area contributed by atoms with E-state index >= 15 is 0 Å². The highest BCUT2D eigenvalue weighted by molar-refractivity contribution is 5.85. The third-order valence-corrected chi connectivity index (χ3v) is 3.71. The van der Waals surface area contributed by atoms with E-state index in [4.69, 9.17) is 4.42 Å². The zero-order valence-electron chi connectivity index (χ0n) is 12.4. The van der Waals surface area contributed by atoms with Gasteiger partial charge >= 0.3 is 0 Å². The molecule has 3 nitrogen and oxygen atoms in total. The summed E-state index contributed by atoms with van der Waals surface area (Å²) in [5.41, 5.74) is 5.22. The van der Waals surface area contributed by atoms with Crippen LogP contribution in [0.25, 0.3) is 10.9 Å². The molecule has 0 aliphatic carbocycles. The van der Waals surface area contributed by atoms with Crippen LogP contribution in [0.3, 0.4) is 0 Å². The number of H-pyrrole nitrogens is 1. The number of halogens is 1. The molecular weight excluding hydrogens is 284 g/mol. The van der Waals surface area contributed by atoms with Gasteiger partial charge in [0.15, 0.2) is 0 Å². The van der Waals surface area contributed by atoms with Crippen molar-refractivity contribution in [2.45, 2.75) is 26.8 Å². The minimum absolute atomic E-state index is 0. The van der Waals surface area contributed by atoms with Crippen molar-refractivity contribution in [3.05, 3.63) is 59.2 Å².